The predicted octanol–water partition coefficient (Wildman–Crippen LogP) is 3.44. The highest BCUT2D eigenvalue weighted by molar-refractivity contribution is 7.99. The van der Waals surface area contributed by atoms with Gasteiger partial charge in [0.05, 0.1) is 11.4 Å². The Hall–Kier alpha value is -2.28. The van der Waals surface area contributed by atoms with Crippen molar-refractivity contribution < 1.29 is 9.59 Å². The van der Waals surface area contributed by atoms with E-state index < -0.39 is 0 Å². The summed E-state index contributed by atoms with van der Waals surface area (Å²) in [4.78, 5) is 33.7. The van der Waals surface area contributed by atoms with Crippen LogP contribution in [0.3, 0.4) is 0 Å². The van der Waals surface area contributed by atoms with Crippen LogP contribution in [-0.2, 0) is 9.59 Å². The van der Waals surface area contributed by atoms with E-state index >= 15 is 0 Å². The number of likely N-dealkylation sites (tertiary alicyclic amines) is 2. The largest absolute Gasteiger partial charge is 0.342 e. The van der Waals surface area contributed by atoms with Gasteiger partial charge in [-0.2, -0.15) is 0 Å². The lowest BCUT2D eigenvalue weighted by Gasteiger charge is -2.33. The normalized spacial score (nSPS) is 17.5. The van der Waals surface area contributed by atoms with Crippen LogP contribution in [0, 0.1) is 19.8 Å². The first-order valence-electron chi connectivity index (χ1n) is 10.8. The van der Waals surface area contributed by atoms with E-state index in [-0.39, 0.29) is 11.8 Å². The van der Waals surface area contributed by atoms with E-state index in [0.29, 0.717) is 24.7 Å². The van der Waals surface area contributed by atoms with Crippen molar-refractivity contribution in [2.75, 3.05) is 31.9 Å². The molecule has 160 valence electrons. The summed E-state index contributed by atoms with van der Waals surface area (Å²) >= 11 is 1.48. The van der Waals surface area contributed by atoms with E-state index in [4.69, 9.17) is 0 Å². The summed E-state index contributed by atoms with van der Waals surface area (Å²) in [5.41, 5.74) is 3.55. The Balaban J connectivity index is 1.31. The second-order valence-electron chi connectivity index (χ2n) is 8.27. The summed E-state index contributed by atoms with van der Waals surface area (Å²) in [6.07, 6.45) is 7.54. The molecule has 0 saturated carbocycles. The molecule has 2 fully saturated rings. The van der Waals surface area contributed by atoms with Crippen LogP contribution >= 0.6 is 11.8 Å². The number of nitrogens with zero attached hydrogens (tertiary/aromatic N) is 4. The molecule has 0 bridgehead atoms. The molecule has 0 spiro atoms. The average molecular weight is 427 g/mol. The van der Waals surface area contributed by atoms with E-state index in [1.807, 2.05) is 22.1 Å². The molecule has 0 unspecified atom stereocenters. The van der Waals surface area contributed by atoms with Gasteiger partial charge < -0.3 is 9.80 Å². The monoisotopic (exact) mass is 426 g/mol. The van der Waals surface area contributed by atoms with Crippen LogP contribution in [0.15, 0.2) is 35.7 Å². The predicted molar refractivity (Wildman–Crippen MR) is 119 cm³/mol. The van der Waals surface area contributed by atoms with Crippen molar-refractivity contribution in [2.24, 2.45) is 5.92 Å². The summed E-state index contributed by atoms with van der Waals surface area (Å²) in [7, 11) is 0. The summed E-state index contributed by atoms with van der Waals surface area (Å²) < 4.78 is 2.06. The van der Waals surface area contributed by atoms with E-state index in [1.54, 1.807) is 6.20 Å². The fourth-order valence-corrected chi connectivity index (χ4v) is 5.23. The Kier molecular flexibility index (Phi) is 6.46. The van der Waals surface area contributed by atoms with Gasteiger partial charge in [0.15, 0.2) is 5.16 Å². The second kappa shape index (κ2) is 9.25. The zero-order valence-electron chi connectivity index (χ0n) is 17.8. The summed E-state index contributed by atoms with van der Waals surface area (Å²) in [6.45, 7) is 7.37. The fraction of sp³-hybridized carbons (Fsp3) is 0.522. The van der Waals surface area contributed by atoms with Crippen LogP contribution < -0.4 is 0 Å². The van der Waals surface area contributed by atoms with Gasteiger partial charge in [0.1, 0.15) is 0 Å². The second-order valence-corrected chi connectivity index (χ2v) is 9.22. The molecule has 2 aromatic rings. The fourth-order valence-electron chi connectivity index (χ4n) is 4.37. The quantitative estimate of drug-likeness (QED) is 0.687. The number of aryl methyl sites for hydroxylation is 1. The smallest absolute Gasteiger partial charge is 0.233 e. The Bertz CT molecular complexity index is 912. The van der Waals surface area contributed by atoms with Gasteiger partial charge in [0, 0.05) is 44.5 Å². The molecule has 30 heavy (non-hydrogen) atoms. The number of hydrogen-bond donors (Lipinski definition) is 0. The zero-order chi connectivity index (χ0) is 21.1. The van der Waals surface area contributed by atoms with Crippen LogP contribution in [0.4, 0.5) is 0 Å². The molecule has 3 heterocycles. The van der Waals surface area contributed by atoms with Gasteiger partial charge in [-0.15, -0.1) is 0 Å². The number of carbonyl (C=O) groups excluding carboxylic acids is 2. The lowest BCUT2D eigenvalue weighted by molar-refractivity contribution is -0.139. The molecule has 7 heteroatoms. The minimum atomic E-state index is 0.0861. The summed E-state index contributed by atoms with van der Waals surface area (Å²) in [5.74, 6) is 0.877. The third-order valence-corrected chi connectivity index (χ3v) is 7.33. The third-order valence-electron chi connectivity index (χ3n) is 6.38. The van der Waals surface area contributed by atoms with Crippen molar-refractivity contribution in [2.45, 2.75) is 44.7 Å². The number of imidazole rings is 1. The lowest BCUT2D eigenvalue weighted by atomic mass is 9.95. The van der Waals surface area contributed by atoms with Gasteiger partial charge in [-0.25, -0.2) is 4.98 Å². The van der Waals surface area contributed by atoms with E-state index in [1.165, 1.54) is 22.9 Å². The average Bonchev–Trinajstić information content (AvgIpc) is 3.46. The van der Waals surface area contributed by atoms with Crippen LogP contribution in [0.2, 0.25) is 0 Å². The maximum Gasteiger partial charge on any atom is 0.233 e. The van der Waals surface area contributed by atoms with Gasteiger partial charge in [0.25, 0.3) is 0 Å². The molecule has 6 nitrogen and oxygen atoms in total. The minimum absolute atomic E-state index is 0.0861. The molecule has 2 aliphatic heterocycles. The van der Waals surface area contributed by atoms with Crippen molar-refractivity contribution >= 4 is 23.6 Å². The van der Waals surface area contributed by atoms with E-state index in [2.05, 4.69) is 35.5 Å². The van der Waals surface area contributed by atoms with Crippen LogP contribution in [0.1, 0.15) is 36.8 Å². The van der Waals surface area contributed by atoms with Crippen LogP contribution in [0.25, 0.3) is 5.69 Å². The number of piperidine rings is 1. The topological polar surface area (TPSA) is 58.4 Å². The molecule has 2 saturated heterocycles. The Morgan fingerprint density at radius 1 is 1.07 bits per heavy atom. The van der Waals surface area contributed by atoms with Gasteiger partial charge in [-0.3, -0.25) is 14.2 Å². The Morgan fingerprint density at radius 2 is 1.80 bits per heavy atom. The van der Waals surface area contributed by atoms with E-state index in [0.717, 1.165) is 49.6 Å². The molecule has 2 amide bonds. The Morgan fingerprint density at radius 3 is 2.53 bits per heavy atom. The molecule has 1 aromatic carbocycles. The number of amides is 2. The summed E-state index contributed by atoms with van der Waals surface area (Å²) in [6, 6.07) is 6.23. The maximum absolute atomic E-state index is 12.8. The number of thioether (sulfide) groups is 1. The van der Waals surface area contributed by atoms with Crippen LogP contribution in [0.5, 0.6) is 0 Å². The standard InChI is InChI=1S/C23H30N4O2S/c1-17-6-5-7-20(18(17)2)27-15-10-24-23(27)30-16-21(28)25-13-8-19(9-14-25)22(29)26-11-3-4-12-26/h5-7,10,15,19H,3-4,8-9,11-14,16H2,1-2H3. The van der Waals surface area contributed by atoms with Crippen molar-refractivity contribution in [3.05, 3.63) is 41.7 Å². The molecule has 0 N–H and O–H groups in total. The first-order chi connectivity index (χ1) is 14.5. The summed E-state index contributed by atoms with van der Waals surface area (Å²) in [5, 5.41) is 0.830. The first kappa shape index (κ1) is 21.0. The highest BCUT2D eigenvalue weighted by Gasteiger charge is 2.31. The van der Waals surface area contributed by atoms with E-state index in [9.17, 15) is 9.59 Å². The van der Waals surface area contributed by atoms with Crippen molar-refractivity contribution in [1.82, 2.24) is 19.4 Å². The molecule has 0 radical (unpaired) electrons. The molecule has 0 aliphatic carbocycles. The number of hydrogen-bond acceptors (Lipinski definition) is 4. The highest BCUT2D eigenvalue weighted by atomic mass is 32.2. The first-order valence-corrected chi connectivity index (χ1v) is 11.8. The molecule has 4 rings (SSSR count). The van der Waals surface area contributed by atoms with Crippen molar-refractivity contribution in [3.8, 4) is 5.69 Å². The van der Waals surface area contributed by atoms with Crippen LogP contribution in [-0.4, -0.2) is 63.1 Å². The number of rotatable bonds is 5. The molecule has 0 atom stereocenters. The SMILES string of the molecule is Cc1cccc(-n2ccnc2SCC(=O)N2CCC(C(=O)N3CCCC3)CC2)c1C. The lowest BCUT2D eigenvalue weighted by Crippen LogP contribution is -2.44. The zero-order valence-corrected chi connectivity index (χ0v) is 18.7. The van der Waals surface area contributed by atoms with Gasteiger partial charge in [0.2, 0.25) is 11.8 Å². The highest BCUT2D eigenvalue weighted by Crippen LogP contribution is 2.26. The maximum atomic E-state index is 12.8. The molecular weight excluding hydrogens is 396 g/mol. The Labute approximate surface area is 182 Å². The molecule has 2 aliphatic rings. The van der Waals surface area contributed by atoms with Gasteiger partial charge >= 0.3 is 0 Å². The van der Waals surface area contributed by atoms with Gasteiger partial charge in [-0.05, 0) is 56.7 Å². The van der Waals surface area contributed by atoms with Crippen molar-refractivity contribution in [1.29, 1.82) is 0 Å². The van der Waals surface area contributed by atoms with Crippen molar-refractivity contribution in [3.63, 3.8) is 0 Å². The molecular formula is C23H30N4O2S. The number of benzene rings is 1. The number of aromatic nitrogens is 2. The number of carbonyl (C=O) groups is 2. The third kappa shape index (κ3) is 4.41. The van der Waals surface area contributed by atoms with Gasteiger partial charge in [-0.1, -0.05) is 23.9 Å². The minimum Gasteiger partial charge on any atom is -0.342 e. The molecule has 1 aromatic heterocycles.